The zero-order valence-electron chi connectivity index (χ0n) is 10.8. The molecule has 20 heavy (non-hydrogen) atoms. The molecule has 0 aromatic heterocycles. The third-order valence-corrected chi connectivity index (χ3v) is 3.37. The molecule has 0 aliphatic heterocycles. The molecule has 2 N–H and O–H groups in total. The molecule has 0 radical (unpaired) electrons. The molecule has 0 aliphatic rings. The highest BCUT2D eigenvalue weighted by atomic mass is 32.2. The number of nitriles is 1. The van der Waals surface area contributed by atoms with Crippen molar-refractivity contribution in [3.05, 3.63) is 29.8 Å². The number of carbonyl (C=O) groups excluding carboxylic acids is 1. The minimum absolute atomic E-state index is 0.123. The van der Waals surface area contributed by atoms with E-state index in [1.165, 1.54) is 18.9 Å². The molecule has 1 rings (SSSR count). The van der Waals surface area contributed by atoms with E-state index in [1.54, 1.807) is 24.3 Å². The highest BCUT2D eigenvalue weighted by Gasteiger charge is 2.18. The highest BCUT2D eigenvalue weighted by Crippen LogP contribution is 2.22. The molecule has 0 saturated carbocycles. The summed E-state index contributed by atoms with van der Waals surface area (Å²) < 4.78 is 4.73. The molecule has 6 nitrogen and oxygen atoms in total. The molecule has 1 amide bonds. The molecule has 0 spiro atoms. The van der Waals surface area contributed by atoms with Crippen LogP contribution in [0.1, 0.15) is 10.4 Å². The standard InChI is InChI=1S/C13H14N2O4S/c1-19-10(13(17)18)8-15-12(16)9-4-2-3-5-11(9)20-7-6-14/h2-5,10H,7-8H2,1H3,(H,15,16)(H,17,18). The fourth-order valence-electron chi connectivity index (χ4n) is 1.44. The molecule has 0 saturated heterocycles. The smallest absolute Gasteiger partial charge is 0.334 e. The summed E-state index contributed by atoms with van der Waals surface area (Å²) >= 11 is 1.25. The summed E-state index contributed by atoms with van der Waals surface area (Å²) in [6.07, 6.45) is -1.09. The molecule has 0 fully saturated rings. The maximum atomic E-state index is 12.0. The van der Waals surface area contributed by atoms with Crippen LogP contribution in [0.15, 0.2) is 29.2 Å². The van der Waals surface area contributed by atoms with Crippen LogP contribution in [0.2, 0.25) is 0 Å². The van der Waals surface area contributed by atoms with E-state index in [-0.39, 0.29) is 12.3 Å². The van der Waals surface area contributed by atoms with Crippen molar-refractivity contribution < 1.29 is 19.4 Å². The first-order chi connectivity index (χ1) is 9.60. The van der Waals surface area contributed by atoms with Gasteiger partial charge in [-0.15, -0.1) is 11.8 Å². The molecule has 106 valence electrons. The average molecular weight is 294 g/mol. The fourth-order valence-corrected chi connectivity index (χ4v) is 2.15. The lowest BCUT2D eigenvalue weighted by atomic mass is 10.2. The van der Waals surface area contributed by atoms with Crippen molar-refractivity contribution in [1.82, 2.24) is 5.32 Å². The second-order valence-electron chi connectivity index (χ2n) is 3.72. The van der Waals surface area contributed by atoms with Crippen LogP contribution < -0.4 is 5.32 Å². The maximum absolute atomic E-state index is 12.0. The summed E-state index contributed by atoms with van der Waals surface area (Å²) in [5, 5.41) is 19.9. The summed E-state index contributed by atoms with van der Waals surface area (Å²) in [6.45, 7) is -0.123. The van der Waals surface area contributed by atoms with Crippen LogP contribution in [0.5, 0.6) is 0 Å². The maximum Gasteiger partial charge on any atom is 0.334 e. The number of carbonyl (C=O) groups is 2. The summed E-state index contributed by atoms with van der Waals surface area (Å²) in [5.41, 5.74) is 0.410. The third-order valence-electron chi connectivity index (χ3n) is 2.43. The Kier molecular flexibility index (Phi) is 6.56. The van der Waals surface area contributed by atoms with Crippen molar-refractivity contribution in [3.8, 4) is 6.07 Å². The molecular formula is C13H14N2O4S. The molecule has 1 unspecified atom stereocenters. The SMILES string of the molecule is COC(CNC(=O)c1ccccc1SCC#N)C(=O)O. The van der Waals surface area contributed by atoms with Crippen molar-refractivity contribution >= 4 is 23.6 Å². The van der Waals surface area contributed by atoms with Crippen molar-refractivity contribution in [2.24, 2.45) is 0 Å². The molecule has 1 aromatic rings. The average Bonchev–Trinajstić information content (AvgIpc) is 2.45. The fraction of sp³-hybridized carbons (Fsp3) is 0.308. The van der Waals surface area contributed by atoms with E-state index in [4.69, 9.17) is 15.1 Å². The van der Waals surface area contributed by atoms with E-state index < -0.39 is 18.0 Å². The molecule has 1 aromatic carbocycles. The van der Waals surface area contributed by atoms with E-state index in [2.05, 4.69) is 5.32 Å². The zero-order chi connectivity index (χ0) is 15.0. The van der Waals surface area contributed by atoms with Crippen LogP contribution >= 0.6 is 11.8 Å². The normalized spacial score (nSPS) is 11.4. The Labute approximate surface area is 120 Å². The first kappa shape index (κ1) is 16.0. The zero-order valence-corrected chi connectivity index (χ0v) is 11.6. The van der Waals surface area contributed by atoms with Gasteiger partial charge >= 0.3 is 5.97 Å². The Bertz CT molecular complexity index is 527. The van der Waals surface area contributed by atoms with Gasteiger partial charge in [-0.2, -0.15) is 5.26 Å². The van der Waals surface area contributed by atoms with Gasteiger partial charge in [0.25, 0.3) is 5.91 Å². The number of nitrogens with one attached hydrogen (secondary N) is 1. The minimum Gasteiger partial charge on any atom is -0.479 e. The lowest BCUT2D eigenvalue weighted by Crippen LogP contribution is -2.38. The first-order valence-corrected chi connectivity index (χ1v) is 6.71. The number of aliphatic carboxylic acids is 1. The third kappa shape index (κ3) is 4.57. The van der Waals surface area contributed by atoms with Gasteiger partial charge in [0.15, 0.2) is 6.10 Å². The van der Waals surface area contributed by atoms with E-state index in [9.17, 15) is 9.59 Å². The Balaban J connectivity index is 2.72. The van der Waals surface area contributed by atoms with Gasteiger partial charge in [0.2, 0.25) is 0 Å². The van der Waals surface area contributed by atoms with E-state index in [0.717, 1.165) is 0 Å². The number of carboxylic acid groups (broad SMARTS) is 1. The van der Waals surface area contributed by atoms with Gasteiger partial charge in [-0.3, -0.25) is 4.79 Å². The number of benzene rings is 1. The highest BCUT2D eigenvalue weighted by molar-refractivity contribution is 7.99. The van der Waals surface area contributed by atoms with Gasteiger partial charge in [0, 0.05) is 12.0 Å². The number of thioether (sulfide) groups is 1. The van der Waals surface area contributed by atoms with Crippen LogP contribution in [0.3, 0.4) is 0 Å². The van der Waals surface area contributed by atoms with Crippen molar-refractivity contribution in [1.29, 1.82) is 5.26 Å². The number of amides is 1. The summed E-state index contributed by atoms with van der Waals surface area (Å²) in [5.74, 6) is -1.30. The van der Waals surface area contributed by atoms with Crippen molar-refractivity contribution in [3.63, 3.8) is 0 Å². The predicted molar refractivity (Wildman–Crippen MR) is 73.5 cm³/mol. The Morgan fingerprint density at radius 2 is 2.20 bits per heavy atom. The Morgan fingerprint density at radius 1 is 1.50 bits per heavy atom. The van der Waals surface area contributed by atoms with Crippen LogP contribution in [-0.4, -0.2) is 42.5 Å². The monoisotopic (exact) mass is 294 g/mol. The summed E-state index contributed by atoms with van der Waals surface area (Å²) in [6, 6.07) is 8.83. The number of hydrogen-bond acceptors (Lipinski definition) is 5. The number of methoxy groups -OCH3 is 1. The molecule has 1 atom stereocenters. The molecule has 7 heteroatoms. The van der Waals surface area contributed by atoms with E-state index >= 15 is 0 Å². The molecule has 0 heterocycles. The number of rotatable bonds is 7. The van der Waals surface area contributed by atoms with Gasteiger partial charge in [0.05, 0.1) is 23.9 Å². The van der Waals surface area contributed by atoms with Gasteiger partial charge in [-0.05, 0) is 12.1 Å². The summed E-state index contributed by atoms with van der Waals surface area (Å²) in [4.78, 5) is 23.5. The lowest BCUT2D eigenvalue weighted by molar-refractivity contribution is -0.148. The van der Waals surface area contributed by atoms with E-state index in [1.807, 2.05) is 6.07 Å². The molecule has 0 bridgehead atoms. The number of ether oxygens (including phenoxy) is 1. The van der Waals surface area contributed by atoms with E-state index in [0.29, 0.717) is 10.5 Å². The molecular weight excluding hydrogens is 280 g/mol. The minimum atomic E-state index is -1.14. The quantitative estimate of drug-likeness (QED) is 0.731. The van der Waals surface area contributed by atoms with Gasteiger partial charge in [0.1, 0.15) is 0 Å². The van der Waals surface area contributed by atoms with Gasteiger partial charge in [-0.25, -0.2) is 4.79 Å². The van der Waals surface area contributed by atoms with Crippen LogP contribution in [0.4, 0.5) is 0 Å². The first-order valence-electron chi connectivity index (χ1n) is 5.72. The summed E-state index contributed by atoms with van der Waals surface area (Å²) in [7, 11) is 1.27. The second-order valence-corrected chi connectivity index (χ2v) is 4.73. The Morgan fingerprint density at radius 3 is 2.80 bits per heavy atom. The van der Waals surface area contributed by atoms with Gasteiger partial charge < -0.3 is 15.2 Å². The van der Waals surface area contributed by atoms with Crippen molar-refractivity contribution in [2.75, 3.05) is 19.4 Å². The molecule has 0 aliphatic carbocycles. The van der Waals surface area contributed by atoms with Crippen LogP contribution in [-0.2, 0) is 9.53 Å². The largest absolute Gasteiger partial charge is 0.479 e. The van der Waals surface area contributed by atoms with Crippen LogP contribution in [0.25, 0.3) is 0 Å². The number of carboxylic acids is 1. The van der Waals surface area contributed by atoms with Gasteiger partial charge in [-0.1, -0.05) is 12.1 Å². The topological polar surface area (TPSA) is 99.4 Å². The van der Waals surface area contributed by atoms with Crippen molar-refractivity contribution in [2.45, 2.75) is 11.0 Å². The predicted octanol–water partition coefficient (Wildman–Crippen LogP) is 1.13. The Hall–Kier alpha value is -2.04. The lowest BCUT2D eigenvalue weighted by Gasteiger charge is -2.12. The number of hydrogen-bond donors (Lipinski definition) is 2. The van der Waals surface area contributed by atoms with Crippen LogP contribution in [0, 0.1) is 11.3 Å². The number of nitrogens with zero attached hydrogens (tertiary/aromatic N) is 1. The second kappa shape index (κ2) is 8.19.